The van der Waals surface area contributed by atoms with Gasteiger partial charge in [-0.25, -0.2) is 0 Å². The number of hydrogen-bond acceptors (Lipinski definition) is 1. The van der Waals surface area contributed by atoms with E-state index in [0.29, 0.717) is 12.3 Å². The minimum absolute atomic E-state index is 0.315. The summed E-state index contributed by atoms with van der Waals surface area (Å²) in [5.74, 6) is 0.315. The molecule has 0 fully saturated rings. The summed E-state index contributed by atoms with van der Waals surface area (Å²) >= 11 is 0. The van der Waals surface area contributed by atoms with E-state index in [1.54, 1.807) is 0 Å². The molecule has 1 aromatic carbocycles. The zero-order chi connectivity index (χ0) is 20.2. The highest BCUT2D eigenvalue weighted by Gasteiger charge is 2.15. The number of aromatic nitrogens is 1. The predicted octanol–water partition coefficient (Wildman–Crippen LogP) is 6.33. The van der Waals surface area contributed by atoms with Crippen LogP contribution in [0.1, 0.15) is 82.0 Å². The molecule has 0 aliphatic carbocycles. The van der Waals surface area contributed by atoms with Crippen molar-refractivity contribution in [3.8, 4) is 0 Å². The number of rotatable bonds is 13. The molecule has 0 N–H and O–H groups in total. The summed E-state index contributed by atoms with van der Waals surface area (Å²) in [7, 11) is 0. The van der Waals surface area contributed by atoms with Crippen LogP contribution in [0.3, 0.4) is 0 Å². The van der Waals surface area contributed by atoms with Gasteiger partial charge in [-0.05, 0) is 37.5 Å². The van der Waals surface area contributed by atoms with E-state index in [0.717, 1.165) is 38.9 Å². The van der Waals surface area contributed by atoms with E-state index in [2.05, 4.69) is 72.8 Å². The molecule has 2 aromatic rings. The minimum Gasteiger partial charge on any atom is -0.345 e. The molecule has 0 aliphatic heterocycles. The summed E-state index contributed by atoms with van der Waals surface area (Å²) in [4.78, 5) is 14.9. The van der Waals surface area contributed by atoms with Crippen LogP contribution in [0.4, 0.5) is 0 Å². The van der Waals surface area contributed by atoms with Gasteiger partial charge in [0.25, 0.3) is 0 Å². The topological polar surface area (TPSA) is 25.2 Å². The van der Waals surface area contributed by atoms with Crippen LogP contribution in [0.15, 0.2) is 42.6 Å². The lowest BCUT2D eigenvalue weighted by molar-refractivity contribution is -0.132. The van der Waals surface area contributed by atoms with Crippen molar-refractivity contribution in [1.29, 1.82) is 0 Å². The van der Waals surface area contributed by atoms with Crippen molar-refractivity contribution in [1.82, 2.24) is 9.47 Å². The molecule has 1 aromatic heterocycles. The van der Waals surface area contributed by atoms with Crippen LogP contribution in [0.25, 0.3) is 0 Å². The fourth-order valence-electron chi connectivity index (χ4n) is 3.66. The van der Waals surface area contributed by atoms with Crippen LogP contribution in [0, 0.1) is 6.92 Å². The standard InChI is InChI=1S/C25H38N2O/c1-4-6-8-9-16-25(28)27(17-10-7-5-2)21-24-15-12-18-26(24)20-23-14-11-13-22(3)19-23/h11-15,18-19H,4-10,16-17,20-21H2,1-3H3. The third-order valence-corrected chi connectivity index (χ3v) is 5.34. The number of nitrogens with zero attached hydrogens (tertiary/aromatic N) is 2. The first-order valence-electron chi connectivity index (χ1n) is 11.1. The van der Waals surface area contributed by atoms with Gasteiger partial charge in [-0.3, -0.25) is 4.79 Å². The fourth-order valence-corrected chi connectivity index (χ4v) is 3.66. The molecule has 3 heteroatoms. The zero-order valence-electron chi connectivity index (χ0n) is 18.1. The lowest BCUT2D eigenvalue weighted by atomic mass is 10.1. The molecule has 0 spiro atoms. The van der Waals surface area contributed by atoms with Crippen LogP contribution < -0.4 is 0 Å². The number of carbonyl (C=O) groups excluding carboxylic acids is 1. The van der Waals surface area contributed by atoms with Crippen LogP contribution >= 0.6 is 0 Å². The van der Waals surface area contributed by atoms with E-state index in [4.69, 9.17) is 0 Å². The Balaban J connectivity index is 2.02. The van der Waals surface area contributed by atoms with Crippen molar-refractivity contribution in [3.63, 3.8) is 0 Å². The van der Waals surface area contributed by atoms with Gasteiger partial charge < -0.3 is 9.47 Å². The van der Waals surface area contributed by atoms with Gasteiger partial charge in [0.15, 0.2) is 0 Å². The first-order chi connectivity index (χ1) is 13.6. The number of unbranched alkanes of at least 4 members (excludes halogenated alkanes) is 5. The average molecular weight is 383 g/mol. The normalized spacial score (nSPS) is 11.0. The van der Waals surface area contributed by atoms with Crippen molar-refractivity contribution >= 4 is 5.91 Å². The minimum atomic E-state index is 0.315. The average Bonchev–Trinajstić information content (AvgIpc) is 3.11. The molecule has 0 unspecified atom stereocenters. The molecule has 0 atom stereocenters. The Labute approximate surface area is 171 Å². The van der Waals surface area contributed by atoms with Gasteiger partial charge in [0.05, 0.1) is 6.54 Å². The third kappa shape index (κ3) is 7.53. The molecule has 28 heavy (non-hydrogen) atoms. The molecule has 0 aliphatic rings. The second kappa shape index (κ2) is 12.4. The van der Waals surface area contributed by atoms with Gasteiger partial charge in [-0.2, -0.15) is 0 Å². The van der Waals surface area contributed by atoms with Crippen LogP contribution in [-0.4, -0.2) is 21.9 Å². The van der Waals surface area contributed by atoms with Gasteiger partial charge in [0.1, 0.15) is 0 Å². The summed E-state index contributed by atoms with van der Waals surface area (Å²) in [6.45, 7) is 9.00. The molecular weight excluding hydrogens is 344 g/mol. The highest BCUT2D eigenvalue weighted by Crippen LogP contribution is 2.14. The fraction of sp³-hybridized carbons (Fsp3) is 0.560. The molecule has 0 radical (unpaired) electrons. The molecule has 1 heterocycles. The van der Waals surface area contributed by atoms with Gasteiger partial charge in [-0.15, -0.1) is 0 Å². The summed E-state index contributed by atoms with van der Waals surface area (Å²) in [5.41, 5.74) is 3.82. The van der Waals surface area contributed by atoms with Crippen molar-refractivity contribution in [2.75, 3.05) is 6.54 Å². The molecule has 2 rings (SSSR count). The van der Waals surface area contributed by atoms with Crippen molar-refractivity contribution in [2.45, 2.75) is 85.2 Å². The first kappa shape index (κ1) is 22.3. The number of benzene rings is 1. The van der Waals surface area contributed by atoms with E-state index in [9.17, 15) is 4.79 Å². The number of aryl methyl sites for hydroxylation is 1. The predicted molar refractivity (Wildman–Crippen MR) is 118 cm³/mol. The zero-order valence-corrected chi connectivity index (χ0v) is 18.1. The Morgan fingerprint density at radius 2 is 1.75 bits per heavy atom. The lowest BCUT2D eigenvalue weighted by Crippen LogP contribution is -2.32. The lowest BCUT2D eigenvalue weighted by Gasteiger charge is -2.24. The molecule has 0 bridgehead atoms. The van der Waals surface area contributed by atoms with Gasteiger partial charge >= 0.3 is 0 Å². The van der Waals surface area contributed by atoms with Crippen molar-refractivity contribution in [3.05, 3.63) is 59.4 Å². The number of amides is 1. The monoisotopic (exact) mass is 382 g/mol. The maximum Gasteiger partial charge on any atom is 0.222 e. The van der Waals surface area contributed by atoms with E-state index < -0.39 is 0 Å². The third-order valence-electron chi connectivity index (χ3n) is 5.34. The summed E-state index contributed by atoms with van der Waals surface area (Å²) in [6.07, 6.45) is 10.9. The SMILES string of the molecule is CCCCCCC(=O)N(CCCCC)Cc1cccn1Cc1cccc(C)c1. The Morgan fingerprint density at radius 1 is 0.964 bits per heavy atom. The highest BCUT2D eigenvalue weighted by atomic mass is 16.2. The first-order valence-corrected chi connectivity index (χ1v) is 11.1. The molecular formula is C25H38N2O. The maximum atomic E-state index is 12.9. The Bertz CT molecular complexity index is 704. The summed E-state index contributed by atoms with van der Waals surface area (Å²) in [6, 6.07) is 12.9. The molecule has 0 saturated heterocycles. The summed E-state index contributed by atoms with van der Waals surface area (Å²) in [5, 5.41) is 0. The largest absolute Gasteiger partial charge is 0.345 e. The van der Waals surface area contributed by atoms with Gasteiger partial charge in [0.2, 0.25) is 5.91 Å². The maximum absolute atomic E-state index is 12.9. The highest BCUT2D eigenvalue weighted by molar-refractivity contribution is 5.76. The Kier molecular flexibility index (Phi) is 9.88. The van der Waals surface area contributed by atoms with Crippen molar-refractivity contribution in [2.24, 2.45) is 0 Å². The Hall–Kier alpha value is -2.03. The molecule has 0 saturated carbocycles. The van der Waals surface area contributed by atoms with E-state index in [-0.39, 0.29) is 0 Å². The van der Waals surface area contributed by atoms with Crippen LogP contribution in [0.2, 0.25) is 0 Å². The quantitative estimate of drug-likeness (QED) is 0.371. The summed E-state index contributed by atoms with van der Waals surface area (Å²) < 4.78 is 2.28. The number of carbonyl (C=O) groups is 1. The van der Waals surface area contributed by atoms with Crippen molar-refractivity contribution < 1.29 is 4.79 Å². The number of hydrogen-bond donors (Lipinski definition) is 0. The van der Waals surface area contributed by atoms with Crippen LogP contribution in [-0.2, 0) is 17.9 Å². The smallest absolute Gasteiger partial charge is 0.222 e. The van der Waals surface area contributed by atoms with E-state index in [1.165, 1.54) is 42.5 Å². The van der Waals surface area contributed by atoms with Gasteiger partial charge in [-0.1, -0.05) is 75.8 Å². The molecule has 3 nitrogen and oxygen atoms in total. The van der Waals surface area contributed by atoms with E-state index in [1.807, 2.05) is 0 Å². The molecule has 1 amide bonds. The Morgan fingerprint density at radius 3 is 2.50 bits per heavy atom. The van der Waals surface area contributed by atoms with E-state index >= 15 is 0 Å². The second-order valence-corrected chi connectivity index (χ2v) is 7.95. The second-order valence-electron chi connectivity index (χ2n) is 7.95. The molecule has 154 valence electrons. The van der Waals surface area contributed by atoms with Crippen LogP contribution in [0.5, 0.6) is 0 Å². The van der Waals surface area contributed by atoms with Gasteiger partial charge in [0, 0.05) is 31.4 Å².